The monoisotopic (exact) mass is 272 g/mol. The lowest BCUT2D eigenvalue weighted by molar-refractivity contribution is 0.334. The predicted octanol–water partition coefficient (Wildman–Crippen LogP) is 3.63. The zero-order chi connectivity index (χ0) is 14.2. The molecule has 0 aromatic heterocycles. The largest absolute Gasteiger partial charge is 0.495 e. The number of benzene rings is 1. The lowest BCUT2D eigenvalue weighted by atomic mass is 9.87. The van der Waals surface area contributed by atoms with Crippen LogP contribution in [0.1, 0.15) is 49.7 Å². The van der Waals surface area contributed by atoms with Gasteiger partial charge in [0.1, 0.15) is 11.8 Å². The molecule has 0 spiro atoms. The van der Waals surface area contributed by atoms with Gasteiger partial charge in [0.05, 0.1) is 12.7 Å². The fraction of sp³-hybridized carbons (Fsp3) is 0.588. The van der Waals surface area contributed by atoms with Gasteiger partial charge in [0, 0.05) is 6.54 Å². The van der Waals surface area contributed by atoms with Crippen molar-refractivity contribution in [3.8, 4) is 11.8 Å². The van der Waals surface area contributed by atoms with Crippen molar-refractivity contribution in [3.05, 3.63) is 29.3 Å². The topological polar surface area (TPSA) is 45.0 Å². The second-order valence-electron chi connectivity index (χ2n) is 5.62. The summed E-state index contributed by atoms with van der Waals surface area (Å²) in [5, 5.41) is 12.6. The molecule has 1 N–H and O–H groups in total. The standard InChI is InChI=1S/C17H24N2O/c1-20-17-8-7-15(11-16(17)12-18)13-19-10-9-14-5-3-2-4-6-14/h7-8,11,14,19H,2-6,9-10,13H2,1H3. The van der Waals surface area contributed by atoms with Gasteiger partial charge in [-0.2, -0.15) is 5.26 Å². The van der Waals surface area contributed by atoms with Crippen LogP contribution < -0.4 is 10.1 Å². The molecule has 0 bridgehead atoms. The molecule has 2 rings (SSSR count). The highest BCUT2D eigenvalue weighted by atomic mass is 16.5. The number of nitrogens with one attached hydrogen (secondary N) is 1. The van der Waals surface area contributed by atoms with Crippen LogP contribution in [-0.2, 0) is 6.54 Å². The number of nitrogens with zero attached hydrogens (tertiary/aromatic N) is 1. The number of methoxy groups -OCH3 is 1. The molecule has 1 aromatic rings. The molecule has 108 valence electrons. The highest BCUT2D eigenvalue weighted by Crippen LogP contribution is 2.25. The minimum atomic E-state index is 0.610. The molecule has 0 radical (unpaired) electrons. The van der Waals surface area contributed by atoms with E-state index in [0.717, 1.165) is 24.6 Å². The Morgan fingerprint density at radius 1 is 1.30 bits per heavy atom. The average Bonchev–Trinajstić information content (AvgIpc) is 2.52. The Hall–Kier alpha value is -1.53. The highest BCUT2D eigenvalue weighted by molar-refractivity contribution is 5.45. The Balaban J connectivity index is 1.75. The Morgan fingerprint density at radius 3 is 2.80 bits per heavy atom. The van der Waals surface area contributed by atoms with Crippen LogP contribution in [0.4, 0.5) is 0 Å². The molecule has 1 aromatic carbocycles. The van der Waals surface area contributed by atoms with E-state index in [9.17, 15) is 0 Å². The molecule has 3 heteroatoms. The van der Waals surface area contributed by atoms with Gasteiger partial charge in [-0.15, -0.1) is 0 Å². The normalized spacial score (nSPS) is 15.8. The van der Waals surface area contributed by atoms with Gasteiger partial charge in [-0.3, -0.25) is 0 Å². The molecule has 1 aliphatic rings. The summed E-state index contributed by atoms with van der Waals surface area (Å²) in [4.78, 5) is 0. The molecular weight excluding hydrogens is 248 g/mol. The molecule has 0 aliphatic heterocycles. The number of hydrogen-bond acceptors (Lipinski definition) is 3. The van der Waals surface area contributed by atoms with Crippen LogP contribution in [0.25, 0.3) is 0 Å². The van der Waals surface area contributed by atoms with Crippen LogP contribution in [0.2, 0.25) is 0 Å². The van der Waals surface area contributed by atoms with Crippen molar-refractivity contribution >= 4 is 0 Å². The Labute approximate surface area is 121 Å². The van der Waals surface area contributed by atoms with Crippen LogP contribution in [-0.4, -0.2) is 13.7 Å². The summed E-state index contributed by atoms with van der Waals surface area (Å²) in [5.74, 6) is 1.57. The first kappa shape index (κ1) is 14.9. The third kappa shape index (κ3) is 4.25. The molecule has 0 amide bonds. The summed E-state index contributed by atoms with van der Waals surface area (Å²) in [6, 6.07) is 7.98. The Kier molecular flexibility index (Phi) is 5.88. The number of ether oxygens (including phenoxy) is 1. The fourth-order valence-electron chi connectivity index (χ4n) is 2.97. The van der Waals surface area contributed by atoms with Gasteiger partial charge in [-0.1, -0.05) is 38.2 Å². The highest BCUT2D eigenvalue weighted by Gasteiger charge is 2.12. The summed E-state index contributed by atoms with van der Waals surface area (Å²) < 4.78 is 5.15. The molecule has 0 heterocycles. The van der Waals surface area contributed by atoms with Gasteiger partial charge in [0.25, 0.3) is 0 Å². The summed E-state index contributed by atoms with van der Waals surface area (Å²) in [5.41, 5.74) is 1.75. The van der Waals surface area contributed by atoms with E-state index in [1.807, 2.05) is 18.2 Å². The van der Waals surface area contributed by atoms with Crippen molar-refractivity contribution in [2.24, 2.45) is 5.92 Å². The molecule has 20 heavy (non-hydrogen) atoms. The van der Waals surface area contributed by atoms with Crippen LogP contribution in [0.15, 0.2) is 18.2 Å². The van der Waals surface area contributed by atoms with Crippen LogP contribution in [0.3, 0.4) is 0 Å². The van der Waals surface area contributed by atoms with E-state index in [2.05, 4.69) is 11.4 Å². The van der Waals surface area contributed by atoms with Crippen LogP contribution in [0, 0.1) is 17.2 Å². The third-order valence-electron chi connectivity index (χ3n) is 4.17. The number of nitriles is 1. The summed E-state index contributed by atoms with van der Waals surface area (Å²) in [6.07, 6.45) is 8.34. The maximum absolute atomic E-state index is 9.07. The molecule has 1 saturated carbocycles. The second kappa shape index (κ2) is 7.91. The molecule has 1 fully saturated rings. The molecular formula is C17H24N2O. The van der Waals surface area contributed by atoms with Crippen LogP contribution >= 0.6 is 0 Å². The van der Waals surface area contributed by atoms with Gasteiger partial charge in [-0.05, 0) is 36.6 Å². The summed E-state index contributed by atoms with van der Waals surface area (Å²) >= 11 is 0. The SMILES string of the molecule is COc1ccc(CNCCC2CCCCC2)cc1C#N. The first-order chi connectivity index (χ1) is 9.83. The molecule has 0 unspecified atom stereocenters. The van der Waals surface area contributed by atoms with E-state index in [4.69, 9.17) is 10.00 Å². The zero-order valence-electron chi connectivity index (χ0n) is 12.3. The third-order valence-corrected chi connectivity index (χ3v) is 4.17. The zero-order valence-corrected chi connectivity index (χ0v) is 12.3. The number of rotatable bonds is 6. The Morgan fingerprint density at radius 2 is 2.10 bits per heavy atom. The number of hydrogen-bond donors (Lipinski definition) is 1. The fourth-order valence-corrected chi connectivity index (χ4v) is 2.97. The van der Waals surface area contributed by atoms with Gasteiger partial charge in [0.2, 0.25) is 0 Å². The molecule has 0 atom stereocenters. The summed E-state index contributed by atoms with van der Waals surface area (Å²) in [6.45, 7) is 1.89. The molecule has 3 nitrogen and oxygen atoms in total. The van der Waals surface area contributed by atoms with Gasteiger partial charge in [-0.25, -0.2) is 0 Å². The average molecular weight is 272 g/mol. The van der Waals surface area contributed by atoms with Crippen molar-refractivity contribution in [3.63, 3.8) is 0 Å². The molecule has 0 saturated heterocycles. The van der Waals surface area contributed by atoms with E-state index in [1.165, 1.54) is 38.5 Å². The van der Waals surface area contributed by atoms with Gasteiger partial charge in [0.15, 0.2) is 0 Å². The Bertz CT molecular complexity index is 459. The van der Waals surface area contributed by atoms with Gasteiger partial charge >= 0.3 is 0 Å². The minimum Gasteiger partial charge on any atom is -0.495 e. The first-order valence-electron chi connectivity index (χ1n) is 7.61. The van der Waals surface area contributed by atoms with Crippen molar-refractivity contribution in [2.75, 3.05) is 13.7 Å². The van der Waals surface area contributed by atoms with E-state index in [1.54, 1.807) is 7.11 Å². The quantitative estimate of drug-likeness (QED) is 0.804. The maximum Gasteiger partial charge on any atom is 0.136 e. The predicted molar refractivity (Wildman–Crippen MR) is 80.6 cm³/mol. The van der Waals surface area contributed by atoms with Crippen molar-refractivity contribution in [1.82, 2.24) is 5.32 Å². The maximum atomic E-state index is 9.07. The first-order valence-corrected chi connectivity index (χ1v) is 7.61. The lowest BCUT2D eigenvalue weighted by Crippen LogP contribution is -2.19. The van der Waals surface area contributed by atoms with E-state index in [0.29, 0.717) is 11.3 Å². The van der Waals surface area contributed by atoms with Crippen LogP contribution in [0.5, 0.6) is 5.75 Å². The summed E-state index contributed by atoms with van der Waals surface area (Å²) in [7, 11) is 1.60. The van der Waals surface area contributed by atoms with Crippen molar-refractivity contribution in [2.45, 2.75) is 45.1 Å². The lowest BCUT2D eigenvalue weighted by Gasteiger charge is -2.21. The molecule has 1 aliphatic carbocycles. The van der Waals surface area contributed by atoms with Crippen molar-refractivity contribution in [1.29, 1.82) is 5.26 Å². The van der Waals surface area contributed by atoms with Crippen molar-refractivity contribution < 1.29 is 4.74 Å². The second-order valence-corrected chi connectivity index (χ2v) is 5.62. The smallest absolute Gasteiger partial charge is 0.136 e. The van der Waals surface area contributed by atoms with E-state index in [-0.39, 0.29) is 0 Å². The van der Waals surface area contributed by atoms with Gasteiger partial charge < -0.3 is 10.1 Å². The minimum absolute atomic E-state index is 0.610. The van der Waals surface area contributed by atoms with E-state index < -0.39 is 0 Å². The van der Waals surface area contributed by atoms with E-state index >= 15 is 0 Å².